The first-order valence-corrected chi connectivity index (χ1v) is 9.87. The summed E-state index contributed by atoms with van der Waals surface area (Å²) in [5.41, 5.74) is 1.62. The molecule has 1 fully saturated rings. The first-order valence-electron chi connectivity index (χ1n) is 8.32. The molecular weight excluding hydrogens is 334 g/mol. The highest BCUT2D eigenvalue weighted by atomic mass is 32.2. The summed E-state index contributed by atoms with van der Waals surface area (Å²) in [5.74, 6) is -0.514. The van der Waals surface area contributed by atoms with E-state index in [1.165, 1.54) is 0 Å². The minimum absolute atomic E-state index is 0.198. The lowest BCUT2D eigenvalue weighted by atomic mass is 10.00. The van der Waals surface area contributed by atoms with Gasteiger partial charge in [-0.25, -0.2) is 8.42 Å². The van der Waals surface area contributed by atoms with Crippen LogP contribution in [-0.4, -0.2) is 25.4 Å². The van der Waals surface area contributed by atoms with Crippen LogP contribution in [0.25, 0.3) is 0 Å². The van der Waals surface area contributed by atoms with Gasteiger partial charge in [0, 0.05) is 5.92 Å². The molecule has 0 aliphatic heterocycles. The van der Waals surface area contributed by atoms with Gasteiger partial charge in [0.15, 0.2) is 9.84 Å². The van der Waals surface area contributed by atoms with E-state index in [0.717, 1.165) is 23.1 Å². The number of hydrogen-bond donors (Lipinski definition) is 1. The molecule has 3 rings (SSSR count). The Kier molecular flexibility index (Phi) is 4.44. The molecule has 2 aromatic rings. The van der Waals surface area contributed by atoms with Gasteiger partial charge >= 0.3 is 0 Å². The predicted octanol–water partition coefficient (Wildman–Crippen LogP) is 3.00. The van der Waals surface area contributed by atoms with Crippen LogP contribution < -0.4 is 0 Å². The van der Waals surface area contributed by atoms with Gasteiger partial charge in [-0.2, -0.15) is 5.26 Å². The van der Waals surface area contributed by atoms with Crippen LogP contribution in [0.4, 0.5) is 0 Å². The summed E-state index contributed by atoms with van der Waals surface area (Å²) in [6, 6.07) is 16.3. The van der Waals surface area contributed by atoms with Gasteiger partial charge in [0.1, 0.15) is 5.41 Å². The maximum absolute atomic E-state index is 13.1. The predicted molar refractivity (Wildman–Crippen MR) is 95.8 cm³/mol. The Morgan fingerprint density at radius 2 is 1.72 bits per heavy atom. The summed E-state index contributed by atoms with van der Waals surface area (Å²) in [5, 5.41) is 18.5. The van der Waals surface area contributed by atoms with E-state index < -0.39 is 33.0 Å². The minimum atomic E-state index is -3.71. The van der Waals surface area contributed by atoms with Crippen molar-refractivity contribution in [2.24, 2.45) is 5.41 Å². The molecular formula is C20H21NO3S. The first kappa shape index (κ1) is 17.7. The average molecular weight is 355 g/mol. The lowest BCUT2D eigenvalue weighted by Crippen LogP contribution is -2.18. The zero-order valence-corrected chi connectivity index (χ0v) is 15.1. The van der Waals surface area contributed by atoms with Crippen LogP contribution in [0.3, 0.4) is 0 Å². The monoisotopic (exact) mass is 355 g/mol. The second-order valence-electron chi connectivity index (χ2n) is 6.66. The van der Waals surface area contributed by atoms with Gasteiger partial charge in [-0.3, -0.25) is 0 Å². The number of sulfone groups is 1. The number of hydrogen-bond acceptors (Lipinski definition) is 4. The number of nitrogens with zero attached hydrogens (tertiary/aromatic N) is 1. The molecule has 5 heteroatoms. The fraction of sp³-hybridized carbons (Fsp3) is 0.350. The molecule has 1 aliphatic carbocycles. The van der Waals surface area contributed by atoms with Crippen LogP contribution in [0, 0.1) is 23.7 Å². The lowest BCUT2D eigenvalue weighted by Gasteiger charge is -2.06. The third-order valence-electron chi connectivity index (χ3n) is 5.16. The Bertz CT molecular complexity index is 911. The van der Waals surface area contributed by atoms with E-state index in [9.17, 15) is 18.8 Å². The maximum atomic E-state index is 13.1. The van der Waals surface area contributed by atoms with Crippen molar-refractivity contribution in [3.05, 3.63) is 65.2 Å². The van der Waals surface area contributed by atoms with Crippen LogP contribution in [0.5, 0.6) is 0 Å². The van der Waals surface area contributed by atoms with Gasteiger partial charge in [-0.05, 0) is 36.6 Å². The van der Waals surface area contributed by atoms with Crippen molar-refractivity contribution in [1.82, 2.24) is 0 Å². The molecule has 2 aromatic carbocycles. The van der Waals surface area contributed by atoms with E-state index in [1.54, 1.807) is 24.3 Å². The quantitative estimate of drug-likeness (QED) is 0.894. The maximum Gasteiger partial charge on any atom is 0.183 e. The molecule has 130 valence electrons. The Balaban J connectivity index is 2.04. The molecule has 0 unspecified atom stereocenters. The van der Waals surface area contributed by atoms with Crippen LogP contribution in [-0.2, 0) is 16.3 Å². The molecule has 0 spiro atoms. The van der Waals surface area contributed by atoms with Crippen LogP contribution in [0.2, 0.25) is 0 Å². The van der Waals surface area contributed by atoms with Crippen molar-refractivity contribution in [2.45, 2.75) is 36.3 Å². The number of nitriles is 1. The molecule has 1 N–H and O–H groups in total. The number of aryl methyl sites for hydroxylation is 2. The van der Waals surface area contributed by atoms with Crippen LogP contribution >= 0.6 is 0 Å². The van der Waals surface area contributed by atoms with E-state index in [0.29, 0.717) is 0 Å². The highest BCUT2D eigenvalue weighted by Gasteiger charge is 2.72. The molecule has 0 heterocycles. The van der Waals surface area contributed by atoms with Crippen molar-refractivity contribution in [3.63, 3.8) is 0 Å². The summed E-state index contributed by atoms with van der Waals surface area (Å²) in [7, 11) is -3.71. The van der Waals surface area contributed by atoms with Crippen molar-refractivity contribution in [3.8, 4) is 6.07 Å². The fourth-order valence-electron chi connectivity index (χ4n) is 3.53. The van der Waals surface area contributed by atoms with E-state index in [4.69, 9.17) is 0 Å². The molecule has 0 aromatic heterocycles. The van der Waals surface area contributed by atoms with Gasteiger partial charge in [0.25, 0.3) is 0 Å². The summed E-state index contributed by atoms with van der Waals surface area (Å²) in [6.07, 6.45) is 0.888. The normalized spacial score (nSPS) is 25.4. The molecule has 0 bridgehead atoms. The molecule has 25 heavy (non-hydrogen) atoms. The van der Waals surface area contributed by atoms with Gasteiger partial charge in [0.05, 0.1) is 22.8 Å². The van der Waals surface area contributed by atoms with E-state index in [-0.39, 0.29) is 4.90 Å². The molecule has 1 saturated carbocycles. The third kappa shape index (κ3) is 2.76. The van der Waals surface area contributed by atoms with Gasteiger partial charge in [-0.15, -0.1) is 0 Å². The molecule has 0 amide bonds. The highest BCUT2D eigenvalue weighted by Crippen LogP contribution is 2.63. The molecule has 3 atom stereocenters. The highest BCUT2D eigenvalue weighted by molar-refractivity contribution is 7.92. The third-order valence-corrected chi connectivity index (χ3v) is 7.45. The van der Waals surface area contributed by atoms with Crippen molar-refractivity contribution >= 4 is 9.84 Å². The standard InChI is InChI=1S/C20H21NO3S/c1-3-15-6-8-16(9-7-15)18-19(20(18,12-21)13-22)25(23,24)17-10-4-14(2)5-11-17/h4-11,18-19,22H,3,13H2,1-2H3/t18-,19-,20+/m1/s1. The van der Waals surface area contributed by atoms with Crippen molar-refractivity contribution < 1.29 is 13.5 Å². The van der Waals surface area contributed by atoms with Gasteiger partial charge in [0.2, 0.25) is 0 Å². The number of benzene rings is 2. The molecule has 1 aliphatic rings. The van der Waals surface area contributed by atoms with E-state index in [2.05, 4.69) is 6.07 Å². The van der Waals surface area contributed by atoms with Gasteiger partial charge in [-0.1, -0.05) is 48.9 Å². The van der Waals surface area contributed by atoms with Gasteiger partial charge < -0.3 is 5.11 Å². The minimum Gasteiger partial charge on any atom is -0.395 e. The smallest absolute Gasteiger partial charge is 0.183 e. The molecule has 0 radical (unpaired) electrons. The fourth-order valence-corrected chi connectivity index (χ4v) is 5.84. The van der Waals surface area contributed by atoms with Crippen molar-refractivity contribution in [1.29, 1.82) is 5.26 Å². The lowest BCUT2D eigenvalue weighted by molar-refractivity contribution is 0.242. The van der Waals surface area contributed by atoms with Crippen LogP contribution in [0.1, 0.15) is 29.5 Å². The Hall–Kier alpha value is -2.16. The summed E-state index contributed by atoms with van der Waals surface area (Å²) < 4.78 is 26.2. The number of rotatable bonds is 5. The molecule has 0 saturated heterocycles. The largest absolute Gasteiger partial charge is 0.395 e. The van der Waals surface area contributed by atoms with Crippen molar-refractivity contribution in [2.75, 3.05) is 6.61 Å². The zero-order valence-electron chi connectivity index (χ0n) is 14.3. The summed E-state index contributed by atoms with van der Waals surface area (Å²) in [4.78, 5) is 0.198. The Morgan fingerprint density at radius 3 is 2.20 bits per heavy atom. The first-order chi connectivity index (χ1) is 11.9. The number of aliphatic hydroxyl groups excluding tert-OH is 1. The topological polar surface area (TPSA) is 78.2 Å². The van der Waals surface area contributed by atoms with E-state index >= 15 is 0 Å². The molecule has 4 nitrogen and oxygen atoms in total. The van der Waals surface area contributed by atoms with Crippen LogP contribution in [0.15, 0.2) is 53.4 Å². The zero-order chi connectivity index (χ0) is 18.2. The summed E-state index contributed by atoms with van der Waals surface area (Å²) >= 11 is 0. The summed E-state index contributed by atoms with van der Waals surface area (Å²) in [6.45, 7) is 3.46. The second kappa shape index (κ2) is 6.29. The Morgan fingerprint density at radius 1 is 1.12 bits per heavy atom. The average Bonchev–Trinajstić information content (AvgIpc) is 3.33. The number of aliphatic hydroxyl groups is 1. The Labute approximate surface area is 148 Å². The SMILES string of the molecule is CCc1ccc([C@@H]2[C@@H](S(=O)(=O)c3ccc(C)cc3)[C@@]2(C#N)CO)cc1. The van der Waals surface area contributed by atoms with E-state index in [1.807, 2.05) is 38.1 Å². The second-order valence-corrected chi connectivity index (χ2v) is 8.73.